The van der Waals surface area contributed by atoms with Gasteiger partial charge in [0, 0.05) is 29.1 Å². The van der Waals surface area contributed by atoms with E-state index < -0.39 is 12.1 Å². The lowest BCUT2D eigenvalue weighted by Gasteiger charge is -2.16. The Morgan fingerprint density at radius 2 is 1.62 bits per heavy atom. The number of carbonyl (C=O) groups excluding carboxylic acids is 3. The Labute approximate surface area is 204 Å². The van der Waals surface area contributed by atoms with Crippen molar-refractivity contribution in [2.24, 2.45) is 0 Å². The van der Waals surface area contributed by atoms with Crippen LogP contribution in [0, 0.1) is 6.92 Å². The van der Waals surface area contributed by atoms with Crippen molar-refractivity contribution >= 4 is 63.8 Å². The molecule has 0 atom stereocenters. The number of hydrogen-bond acceptors (Lipinski definition) is 6. The minimum atomic E-state index is -0.987. The van der Waals surface area contributed by atoms with Crippen molar-refractivity contribution in [3.63, 3.8) is 0 Å². The summed E-state index contributed by atoms with van der Waals surface area (Å²) in [6.45, 7) is 2.93. The van der Waals surface area contributed by atoms with E-state index in [-0.39, 0.29) is 11.3 Å². The number of benzene rings is 3. The van der Waals surface area contributed by atoms with E-state index in [1.807, 2.05) is 13.0 Å². The van der Waals surface area contributed by atoms with E-state index >= 15 is 0 Å². The van der Waals surface area contributed by atoms with Crippen LogP contribution >= 0.6 is 23.2 Å². The van der Waals surface area contributed by atoms with Crippen molar-refractivity contribution in [2.45, 2.75) is 13.8 Å². The van der Waals surface area contributed by atoms with Crippen LogP contribution in [-0.2, 0) is 14.6 Å². The fourth-order valence-electron chi connectivity index (χ4n) is 3.80. The van der Waals surface area contributed by atoms with E-state index in [1.165, 1.54) is 4.57 Å². The van der Waals surface area contributed by atoms with Crippen LogP contribution in [-0.4, -0.2) is 22.9 Å². The Bertz CT molecular complexity index is 1420. The van der Waals surface area contributed by atoms with Crippen molar-refractivity contribution in [1.82, 2.24) is 4.57 Å². The van der Waals surface area contributed by atoms with E-state index in [2.05, 4.69) is 10.2 Å². The number of nitrogens with one attached hydrogen (secondary N) is 1. The zero-order chi connectivity index (χ0) is 24.4. The molecule has 1 N–H and O–H groups in total. The molecule has 1 heterocycles. The maximum atomic E-state index is 13.1. The molecule has 3 aromatic carbocycles. The fraction of sp³-hybridized carbons (Fsp3) is 0.0800. The number of aromatic nitrogens is 1. The molecule has 7 nitrogen and oxygen atoms in total. The van der Waals surface area contributed by atoms with Gasteiger partial charge in [-0.3, -0.25) is 4.79 Å². The van der Waals surface area contributed by atoms with Gasteiger partial charge in [-0.25, -0.2) is 23.9 Å². The number of anilines is 2. The first-order valence-electron chi connectivity index (χ1n) is 10.1. The van der Waals surface area contributed by atoms with E-state index in [1.54, 1.807) is 54.6 Å². The monoisotopic (exact) mass is 496 g/mol. The number of hydrogen-bond donors (Lipinski definition) is 1. The molecule has 0 bridgehead atoms. The van der Waals surface area contributed by atoms with Crippen molar-refractivity contribution in [3.8, 4) is 11.3 Å². The zero-order valence-electron chi connectivity index (χ0n) is 18.1. The van der Waals surface area contributed by atoms with E-state index in [9.17, 15) is 14.4 Å². The average Bonchev–Trinajstić information content (AvgIpc) is 3.15. The molecule has 0 aliphatic heterocycles. The van der Waals surface area contributed by atoms with Gasteiger partial charge in [0.25, 0.3) is 0 Å². The Morgan fingerprint density at radius 1 is 0.941 bits per heavy atom. The van der Waals surface area contributed by atoms with Gasteiger partial charge in [-0.1, -0.05) is 59.6 Å². The molecule has 0 radical (unpaired) electrons. The number of para-hydroxylation sites is 2. The summed E-state index contributed by atoms with van der Waals surface area (Å²) in [7, 11) is 0. The Kier molecular flexibility index (Phi) is 6.58. The summed E-state index contributed by atoms with van der Waals surface area (Å²) >= 11 is 12.7. The number of halogens is 2. The number of fused-ring (bicyclic) bond motifs is 1. The largest absolute Gasteiger partial charge is 0.461 e. The number of carbonyl (C=O) groups is 3. The van der Waals surface area contributed by atoms with Crippen molar-refractivity contribution in [2.75, 3.05) is 5.32 Å². The first-order valence-corrected chi connectivity index (χ1v) is 10.9. The number of rotatable bonds is 4. The highest BCUT2D eigenvalue weighted by atomic mass is 35.5. The summed E-state index contributed by atoms with van der Waals surface area (Å²) < 4.78 is 1.20. The second-order valence-corrected chi connectivity index (χ2v) is 8.19. The first-order chi connectivity index (χ1) is 16.3. The van der Waals surface area contributed by atoms with Gasteiger partial charge in [-0.2, -0.15) is 0 Å². The summed E-state index contributed by atoms with van der Waals surface area (Å²) in [6, 6.07) is 17.4. The maximum absolute atomic E-state index is 13.1. The molecule has 4 aromatic rings. The third-order valence-corrected chi connectivity index (χ3v) is 5.81. The fourth-order valence-corrected chi connectivity index (χ4v) is 4.29. The molecule has 0 fully saturated rings. The van der Waals surface area contributed by atoms with Gasteiger partial charge in [0.05, 0.1) is 26.9 Å². The molecule has 0 spiro atoms. The van der Waals surface area contributed by atoms with Crippen LogP contribution in [0.5, 0.6) is 0 Å². The molecule has 34 heavy (non-hydrogen) atoms. The number of aldehydes is 1. The summed E-state index contributed by atoms with van der Waals surface area (Å²) in [6.07, 6.45) is -0.307. The highest BCUT2D eigenvalue weighted by molar-refractivity contribution is 6.39. The maximum Gasteiger partial charge on any atom is 0.461 e. The van der Waals surface area contributed by atoms with Crippen LogP contribution in [0.3, 0.4) is 0 Å². The van der Waals surface area contributed by atoms with Crippen LogP contribution in [0.2, 0.25) is 10.0 Å². The number of nitrogens with zero attached hydrogens (tertiary/aromatic N) is 1. The molecule has 1 aromatic heterocycles. The van der Waals surface area contributed by atoms with Gasteiger partial charge in [0.2, 0.25) is 0 Å². The normalized spacial score (nSPS) is 10.7. The average molecular weight is 497 g/mol. The molecule has 9 heteroatoms. The van der Waals surface area contributed by atoms with Crippen molar-refractivity contribution in [3.05, 3.63) is 81.8 Å². The topological polar surface area (TPSA) is 86.6 Å². The lowest BCUT2D eigenvalue weighted by atomic mass is 10.0. The van der Waals surface area contributed by atoms with E-state index in [4.69, 9.17) is 28.1 Å². The molecular formula is C25H18Cl2N2O5. The van der Waals surface area contributed by atoms with Crippen LogP contribution in [0.1, 0.15) is 22.8 Å². The highest BCUT2D eigenvalue weighted by Crippen LogP contribution is 2.41. The summed E-state index contributed by atoms with van der Waals surface area (Å²) in [4.78, 5) is 45.9. The lowest BCUT2D eigenvalue weighted by molar-refractivity contribution is -0.229. The lowest BCUT2D eigenvalue weighted by Crippen LogP contribution is -2.17. The number of aryl methyl sites for hydroxylation is 1. The van der Waals surface area contributed by atoms with Gasteiger partial charge in [-0.15, -0.1) is 0 Å². The Hall–Kier alpha value is -3.81. The third-order valence-electron chi connectivity index (χ3n) is 5.18. The Balaban J connectivity index is 1.99. The summed E-state index contributed by atoms with van der Waals surface area (Å²) in [5.41, 5.74) is 3.21. The molecule has 0 unspecified atom stereocenters. The summed E-state index contributed by atoms with van der Waals surface area (Å²) in [5.74, 6) is -0.798. The molecule has 0 saturated carbocycles. The van der Waals surface area contributed by atoms with Crippen LogP contribution in [0.15, 0.2) is 60.7 Å². The highest BCUT2D eigenvalue weighted by Gasteiger charge is 2.27. The third kappa shape index (κ3) is 4.23. The zero-order valence-corrected chi connectivity index (χ0v) is 19.6. The minimum Gasteiger partial charge on any atom is -0.353 e. The predicted octanol–water partition coefficient (Wildman–Crippen LogP) is 6.94. The molecule has 0 aliphatic carbocycles. The second kappa shape index (κ2) is 9.59. The molecule has 0 saturated heterocycles. The molecule has 0 amide bonds. The molecule has 0 aliphatic rings. The minimum absolute atomic E-state index is 0.253. The van der Waals surface area contributed by atoms with Crippen LogP contribution in [0.4, 0.5) is 16.2 Å². The van der Waals surface area contributed by atoms with Crippen LogP contribution in [0.25, 0.3) is 22.2 Å². The van der Waals surface area contributed by atoms with E-state index in [0.29, 0.717) is 44.2 Å². The van der Waals surface area contributed by atoms with Crippen molar-refractivity contribution in [1.29, 1.82) is 0 Å². The smallest absolute Gasteiger partial charge is 0.353 e. The standard InChI is InChI=1S/C25H18Cl2N2O5/c1-14-7-5-12-21-22(14)17(13-30)24(29(21)25(32)34-33-15(2)31)16-8-3-4-11-20(16)28-23-18(26)9-6-10-19(23)27/h3-13,28H,1-2H3. The SMILES string of the molecule is CC(=O)OOC(=O)n1c(-c2ccccc2Nc2c(Cl)cccc2Cl)c(C=O)c2c(C)cccc21. The summed E-state index contributed by atoms with van der Waals surface area (Å²) in [5, 5.41) is 4.56. The van der Waals surface area contributed by atoms with Gasteiger partial charge in [0.1, 0.15) is 0 Å². The predicted molar refractivity (Wildman–Crippen MR) is 131 cm³/mol. The quantitative estimate of drug-likeness (QED) is 0.187. The molecule has 4 rings (SSSR count). The van der Waals surface area contributed by atoms with Gasteiger partial charge in [0.15, 0.2) is 6.29 Å². The molecule has 172 valence electrons. The Morgan fingerprint density at radius 3 is 2.29 bits per heavy atom. The van der Waals surface area contributed by atoms with Crippen LogP contribution < -0.4 is 5.32 Å². The van der Waals surface area contributed by atoms with E-state index in [0.717, 1.165) is 12.5 Å². The first kappa shape index (κ1) is 23.4. The van der Waals surface area contributed by atoms with Gasteiger partial charge < -0.3 is 5.32 Å². The molecular weight excluding hydrogens is 479 g/mol. The van der Waals surface area contributed by atoms with Gasteiger partial charge >= 0.3 is 12.1 Å². The second-order valence-electron chi connectivity index (χ2n) is 7.38. The van der Waals surface area contributed by atoms with Crippen molar-refractivity contribution < 1.29 is 24.2 Å². The van der Waals surface area contributed by atoms with Gasteiger partial charge in [-0.05, 0) is 36.8 Å².